The van der Waals surface area contributed by atoms with Gasteiger partial charge in [-0.25, -0.2) is 4.79 Å². The number of hydrogen-bond acceptors (Lipinski definition) is 3. The minimum Gasteiger partial charge on any atom is -0.497 e. The van der Waals surface area contributed by atoms with Gasteiger partial charge in [-0.05, 0) is 36.6 Å². The standard InChI is InChI=1S/C15H20O3/c1-4-5-10-18-15(16)11-12(2)13-6-8-14(17-3)9-7-13/h6-9,11H,4-5,10H2,1-3H3/b12-11+. The maximum absolute atomic E-state index is 11.5. The van der Waals surface area contributed by atoms with Gasteiger partial charge in [0.1, 0.15) is 5.75 Å². The van der Waals surface area contributed by atoms with E-state index in [1.807, 2.05) is 31.2 Å². The van der Waals surface area contributed by atoms with E-state index >= 15 is 0 Å². The zero-order valence-electron chi connectivity index (χ0n) is 11.2. The fraction of sp³-hybridized carbons (Fsp3) is 0.400. The van der Waals surface area contributed by atoms with Crippen molar-refractivity contribution >= 4 is 11.5 Å². The molecule has 1 rings (SSSR count). The van der Waals surface area contributed by atoms with Gasteiger partial charge in [0.05, 0.1) is 13.7 Å². The summed E-state index contributed by atoms with van der Waals surface area (Å²) in [6.07, 6.45) is 3.45. The quantitative estimate of drug-likeness (QED) is 0.439. The van der Waals surface area contributed by atoms with E-state index in [4.69, 9.17) is 9.47 Å². The van der Waals surface area contributed by atoms with Crippen LogP contribution in [0.4, 0.5) is 0 Å². The second kappa shape index (κ2) is 7.54. The Morgan fingerprint density at radius 1 is 1.28 bits per heavy atom. The Labute approximate surface area is 108 Å². The lowest BCUT2D eigenvalue weighted by Gasteiger charge is -2.04. The number of unbranched alkanes of at least 4 members (excludes halogenated alkanes) is 1. The second-order valence-corrected chi connectivity index (χ2v) is 4.08. The van der Waals surface area contributed by atoms with E-state index in [1.165, 1.54) is 6.08 Å². The molecule has 0 N–H and O–H groups in total. The average Bonchev–Trinajstić information content (AvgIpc) is 2.39. The van der Waals surface area contributed by atoms with Crippen LogP contribution in [0.3, 0.4) is 0 Å². The molecule has 0 saturated heterocycles. The van der Waals surface area contributed by atoms with Crippen LogP contribution in [0.25, 0.3) is 5.57 Å². The van der Waals surface area contributed by atoms with Crippen molar-refractivity contribution < 1.29 is 14.3 Å². The van der Waals surface area contributed by atoms with Gasteiger partial charge in [-0.3, -0.25) is 0 Å². The highest BCUT2D eigenvalue weighted by molar-refractivity contribution is 5.90. The van der Waals surface area contributed by atoms with Crippen LogP contribution in [0.1, 0.15) is 32.3 Å². The zero-order valence-corrected chi connectivity index (χ0v) is 11.2. The van der Waals surface area contributed by atoms with Gasteiger partial charge >= 0.3 is 5.97 Å². The third kappa shape index (κ3) is 4.62. The number of carbonyl (C=O) groups is 1. The lowest BCUT2D eigenvalue weighted by Crippen LogP contribution is -2.02. The summed E-state index contributed by atoms with van der Waals surface area (Å²) in [5, 5.41) is 0. The normalized spacial score (nSPS) is 11.2. The Morgan fingerprint density at radius 2 is 1.94 bits per heavy atom. The first kappa shape index (κ1) is 14.3. The van der Waals surface area contributed by atoms with Gasteiger partial charge in [-0.1, -0.05) is 25.5 Å². The second-order valence-electron chi connectivity index (χ2n) is 4.08. The molecule has 0 unspecified atom stereocenters. The number of benzene rings is 1. The first-order valence-electron chi connectivity index (χ1n) is 6.17. The minimum atomic E-state index is -0.281. The summed E-state index contributed by atoms with van der Waals surface area (Å²) >= 11 is 0. The molecule has 0 spiro atoms. The molecule has 1 aromatic carbocycles. The van der Waals surface area contributed by atoms with Crippen LogP contribution in [0, 0.1) is 0 Å². The van der Waals surface area contributed by atoms with E-state index in [1.54, 1.807) is 7.11 Å². The van der Waals surface area contributed by atoms with Crippen molar-refractivity contribution in [2.45, 2.75) is 26.7 Å². The highest BCUT2D eigenvalue weighted by Crippen LogP contribution is 2.18. The van der Waals surface area contributed by atoms with Crippen LogP contribution in [0.15, 0.2) is 30.3 Å². The highest BCUT2D eigenvalue weighted by Gasteiger charge is 2.02. The Morgan fingerprint density at radius 3 is 2.50 bits per heavy atom. The average molecular weight is 248 g/mol. The molecule has 0 aliphatic carbocycles. The maximum atomic E-state index is 11.5. The molecule has 0 aromatic heterocycles. The minimum absolute atomic E-state index is 0.281. The number of methoxy groups -OCH3 is 1. The van der Waals surface area contributed by atoms with Crippen molar-refractivity contribution in [3.63, 3.8) is 0 Å². The Hall–Kier alpha value is -1.77. The van der Waals surface area contributed by atoms with Crippen molar-refractivity contribution in [2.75, 3.05) is 13.7 Å². The molecule has 0 radical (unpaired) electrons. The smallest absolute Gasteiger partial charge is 0.331 e. The summed E-state index contributed by atoms with van der Waals surface area (Å²) < 4.78 is 10.2. The van der Waals surface area contributed by atoms with Gasteiger partial charge in [0.15, 0.2) is 0 Å². The SMILES string of the molecule is CCCCOC(=O)/C=C(\C)c1ccc(OC)cc1. The Balaban J connectivity index is 2.61. The molecule has 0 aliphatic heterocycles. The number of rotatable bonds is 6. The molecule has 0 atom stereocenters. The summed E-state index contributed by atoms with van der Waals surface area (Å²) in [6.45, 7) is 4.44. The fourth-order valence-electron chi connectivity index (χ4n) is 1.47. The molecule has 0 saturated carbocycles. The molecule has 0 fully saturated rings. The van der Waals surface area contributed by atoms with Crippen LogP contribution < -0.4 is 4.74 Å². The lowest BCUT2D eigenvalue weighted by atomic mass is 10.1. The maximum Gasteiger partial charge on any atom is 0.331 e. The van der Waals surface area contributed by atoms with Gasteiger partial charge in [0.2, 0.25) is 0 Å². The molecular formula is C15H20O3. The number of allylic oxidation sites excluding steroid dienone is 1. The lowest BCUT2D eigenvalue weighted by molar-refractivity contribution is -0.137. The molecule has 0 aliphatic rings. The van der Waals surface area contributed by atoms with Gasteiger partial charge in [0, 0.05) is 6.08 Å². The van der Waals surface area contributed by atoms with Gasteiger partial charge in [0.25, 0.3) is 0 Å². The summed E-state index contributed by atoms with van der Waals surface area (Å²) in [5.41, 5.74) is 1.88. The monoisotopic (exact) mass is 248 g/mol. The van der Waals surface area contributed by atoms with Crippen molar-refractivity contribution in [2.24, 2.45) is 0 Å². The number of ether oxygens (including phenoxy) is 2. The van der Waals surface area contributed by atoms with Crippen LogP contribution in [-0.2, 0) is 9.53 Å². The number of carbonyl (C=O) groups excluding carboxylic acids is 1. The first-order valence-corrected chi connectivity index (χ1v) is 6.17. The first-order chi connectivity index (χ1) is 8.67. The van der Waals surface area contributed by atoms with Gasteiger partial charge in [-0.15, -0.1) is 0 Å². The zero-order chi connectivity index (χ0) is 13.4. The number of esters is 1. The fourth-order valence-corrected chi connectivity index (χ4v) is 1.47. The summed E-state index contributed by atoms with van der Waals surface area (Å²) in [7, 11) is 1.63. The molecule has 18 heavy (non-hydrogen) atoms. The Bertz CT molecular complexity index is 404. The highest BCUT2D eigenvalue weighted by atomic mass is 16.5. The van der Waals surface area contributed by atoms with Gasteiger partial charge < -0.3 is 9.47 Å². The van der Waals surface area contributed by atoms with E-state index in [-0.39, 0.29) is 5.97 Å². The predicted octanol–water partition coefficient (Wildman–Crippen LogP) is 3.44. The molecule has 3 nitrogen and oxygen atoms in total. The van der Waals surface area contributed by atoms with E-state index in [9.17, 15) is 4.79 Å². The van der Waals surface area contributed by atoms with Crippen LogP contribution in [-0.4, -0.2) is 19.7 Å². The molecule has 1 aromatic rings. The van der Waals surface area contributed by atoms with E-state index in [2.05, 4.69) is 6.92 Å². The predicted molar refractivity (Wildman–Crippen MR) is 72.5 cm³/mol. The molecule has 0 bridgehead atoms. The van der Waals surface area contributed by atoms with E-state index in [0.29, 0.717) is 6.61 Å². The van der Waals surface area contributed by atoms with Crippen molar-refractivity contribution in [1.82, 2.24) is 0 Å². The van der Waals surface area contributed by atoms with E-state index < -0.39 is 0 Å². The van der Waals surface area contributed by atoms with Crippen LogP contribution in [0.5, 0.6) is 5.75 Å². The summed E-state index contributed by atoms with van der Waals surface area (Å²) in [5.74, 6) is 0.522. The van der Waals surface area contributed by atoms with Crippen molar-refractivity contribution in [3.05, 3.63) is 35.9 Å². The van der Waals surface area contributed by atoms with Crippen molar-refractivity contribution in [3.8, 4) is 5.75 Å². The molecule has 98 valence electrons. The molecular weight excluding hydrogens is 228 g/mol. The number of hydrogen-bond donors (Lipinski definition) is 0. The van der Waals surface area contributed by atoms with E-state index in [0.717, 1.165) is 29.7 Å². The molecule has 0 amide bonds. The molecule has 3 heteroatoms. The summed E-state index contributed by atoms with van der Waals surface area (Å²) in [6, 6.07) is 7.58. The topological polar surface area (TPSA) is 35.5 Å². The largest absolute Gasteiger partial charge is 0.497 e. The van der Waals surface area contributed by atoms with Gasteiger partial charge in [-0.2, -0.15) is 0 Å². The van der Waals surface area contributed by atoms with Crippen LogP contribution in [0.2, 0.25) is 0 Å². The van der Waals surface area contributed by atoms with Crippen molar-refractivity contribution in [1.29, 1.82) is 0 Å². The Kier molecular flexibility index (Phi) is 5.98. The van der Waals surface area contributed by atoms with Crippen LogP contribution >= 0.6 is 0 Å². The third-order valence-corrected chi connectivity index (χ3v) is 2.62. The third-order valence-electron chi connectivity index (χ3n) is 2.62. The summed E-state index contributed by atoms with van der Waals surface area (Å²) in [4.78, 5) is 11.5. The molecule has 0 heterocycles.